The Morgan fingerprint density at radius 2 is 1.81 bits per heavy atom. The summed E-state index contributed by atoms with van der Waals surface area (Å²) < 4.78 is 1.49. The minimum absolute atomic E-state index is 0.0462. The molecular weight excluding hydrogens is 330 g/mol. The number of benzene rings is 2. The molecular formula is C19H17N5O2. The summed E-state index contributed by atoms with van der Waals surface area (Å²) in [6, 6.07) is 19.0. The highest BCUT2D eigenvalue weighted by Crippen LogP contribution is 2.21. The molecule has 1 aliphatic rings. The highest BCUT2D eigenvalue weighted by Gasteiger charge is 2.32. The van der Waals surface area contributed by atoms with E-state index in [1.165, 1.54) is 4.68 Å². The highest BCUT2D eigenvalue weighted by atomic mass is 16.2. The predicted octanol–water partition coefficient (Wildman–Crippen LogP) is 1.69. The molecule has 7 heteroatoms. The van der Waals surface area contributed by atoms with E-state index in [0.29, 0.717) is 13.1 Å². The zero-order valence-corrected chi connectivity index (χ0v) is 13.9. The van der Waals surface area contributed by atoms with E-state index in [-0.39, 0.29) is 23.3 Å². The average Bonchev–Trinajstić information content (AvgIpc) is 3.12. The van der Waals surface area contributed by atoms with Crippen LogP contribution in [0, 0.1) is 0 Å². The summed E-state index contributed by atoms with van der Waals surface area (Å²) in [6.07, 6.45) is 0. The Balaban J connectivity index is 1.52. The first-order valence-electron chi connectivity index (χ1n) is 8.34. The summed E-state index contributed by atoms with van der Waals surface area (Å²) in [7, 11) is 0. The molecule has 4 rings (SSSR count). The second-order valence-electron chi connectivity index (χ2n) is 6.07. The number of nitrogens with zero attached hydrogens (tertiary/aromatic N) is 3. The van der Waals surface area contributed by atoms with Crippen molar-refractivity contribution in [1.29, 1.82) is 0 Å². The first-order valence-corrected chi connectivity index (χ1v) is 8.34. The molecule has 1 atom stereocenters. The van der Waals surface area contributed by atoms with Crippen molar-refractivity contribution < 1.29 is 9.59 Å². The molecule has 130 valence electrons. The van der Waals surface area contributed by atoms with Gasteiger partial charge in [-0.1, -0.05) is 65.9 Å². The second-order valence-corrected chi connectivity index (χ2v) is 6.07. The fourth-order valence-electron chi connectivity index (χ4n) is 3.00. The smallest absolute Gasteiger partial charge is 0.274 e. The number of hydrogen-bond acceptors (Lipinski definition) is 4. The van der Waals surface area contributed by atoms with Gasteiger partial charge in [-0.2, -0.15) is 0 Å². The number of aromatic nitrogens is 3. The van der Waals surface area contributed by atoms with Crippen LogP contribution in [-0.4, -0.2) is 26.8 Å². The number of nitrogens with one attached hydrogen (secondary N) is 2. The molecule has 1 aliphatic heterocycles. The topological polar surface area (TPSA) is 88.9 Å². The van der Waals surface area contributed by atoms with Gasteiger partial charge < -0.3 is 10.6 Å². The summed E-state index contributed by atoms with van der Waals surface area (Å²) in [6.45, 7) is 0.796. The zero-order valence-electron chi connectivity index (χ0n) is 13.9. The van der Waals surface area contributed by atoms with Gasteiger partial charge in [0.2, 0.25) is 0 Å². The van der Waals surface area contributed by atoms with E-state index in [1.807, 2.05) is 60.7 Å². The molecule has 0 radical (unpaired) electrons. The van der Waals surface area contributed by atoms with Crippen LogP contribution in [0.2, 0.25) is 0 Å². The summed E-state index contributed by atoms with van der Waals surface area (Å²) in [5, 5.41) is 13.6. The normalized spacial score (nSPS) is 15.8. The Kier molecular flexibility index (Phi) is 4.18. The molecule has 26 heavy (non-hydrogen) atoms. The lowest BCUT2D eigenvalue weighted by Gasteiger charge is -2.24. The monoisotopic (exact) mass is 347 g/mol. The molecule has 1 unspecified atom stereocenters. The van der Waals surface area contributed by atoms with Crippen LogP contribution in [0.1, 0.15) is 38.1 Å². The van der Waals surface area contributed by atoms with Crippen LogP contribution in [0.3, 0.4) is 0 Å². The lowest BCUT2D eigenvalue weighted by atomic mass is 10.0. The van der Waals surface area contributed by atoms with Crippen LogP contribution in [-0.2, 0) is 13.1 Å². The third-order valence-electron chi connectivity index (χ3n) is 4.32. The first kappa shape index (κ1) is 16.0. The maximum Gasteiger partial charge on any atom is 0.274 e. The van der Waals surface area contributed by atoms with Crippen LogP contribution >= 0.6 is 0 Å². The van der Waals surface area contributed by atoms with E-state index in [0.717, 1.165) is 11.1 Å². The Morgan fingerprint density at radius 3 is 2.54 bits per heavy atom. The molecule has 7 nitrogen and oxygen atoms in total. The van der Waals surface area contributed by atoms with Gasteiger partial charge in [0.1, 0.15) is 0 Å². The minimum atomic E-state index is -0.414. The number of carbonyl (C=O) groups excluding carboxylic acids is 2. The van der Waals surface area contributed by atoms with Gasteiger partial charge >= 0.3 is 0 Å². The van der Waals surface area contributed by atoms with Gasteiger partial charge in [0.25, 0.3) is 11.8 Å². The van der Waals surface area contributed by atoms with Gasteiger partial charge in [-0.15, -0.1) is 5.10 Å². The molecule has 0 aliphatic carbocycles. The molecule has 0 saturated carbocycles. The van der Waals surface area contributed by atoms with Crippen molar-refractivity contribution in [3.05, 3.63) is 83.2 Å². The summed E-state index contributed by atoms with van der Waals surface area (Å²) >= 11 is 0. The van der Waals surface area contributed by atoms with Crippen LogP contribution in [0.4, 0.5) is 0 Å². The standard InChI is InChI=1S/C19H17N5O2/c25-18(20-11-13-7-3-1-4-8-13)16-17-19(26)21-15(12-24(17)23-22-16)14-9-5-2-6-10-14/h1-10,15H,11-12H2,(H,20,25)(H,21,26). The van der Waals surface area contributed by atoms with Gasteiger partial charge in [0.05, 0.1) is 12.6 Å². The molecule has 2 N–H and O–H groups in total. The molecule has 1 aromatic heterocycles. The number of fused-ring (bicyclic) bond motifs is 1. The minimum Gasteiger partial charge on any atom is -0.346 e. The first-order chi connectivity index (χ1) is 12.7. The lowest BCUT2D eigenvalue weighted by molar-refractivity contribution is 0.0876. The van der Waals surface area contributed by atoms with Gasteiger partial charge in [0.15, 0.2) is 11.4 Å². The van der Waals surface area contributed by atoms with Gasteiger partial charge in [-0.05, 0) is 11.1 Å². The van der Waals surface area contributed by atoms with Crippen LogP contribution in [0.25, 0.3) is 0 Å². The fourth-order valence-corrected chi connectivity index (χ4v) is 3.00. The Morgan fingerprint density at radius 1 is 1.12 bits per heavy atom. The van der Waals surface area contributed by atoms with Crippen LogP contribution in [0.5, 0.6) is 0 Å². The SMILES string of the molecule is O=C(NCc1ccccc1)c1nnn2c1C(=O)NC(c1ccccc1)C2. The maximum atomic E-state index is 12.5. The Labute approximate surface area is 150 Å². The molecule has 2 heterocycles. The molecule has 0 fully saturated rings. The van der Waals surface area contributed by atoms with Gasteiger partial charge in [-0.25, -0.2) is 4.68 Å². The lowest BCUT2D eigenvalue weighted by Crippen LogP contribution is -2.40. The van der Waals surface area contributed by atoms with Crippen LogP contribution < -0.4 is 10.6 Å². The molecule has 0 spiro atoms. The van der Waals surface area contributed by atoms with Crippen molar-refractivity contribution in [2.75, 3.05) is 0 Å². The van der Waals surface area contributed by atoms with E-state index in [2.05, 4.69) is 20.9 Å². The number of amides is 2. The zero-order chi connectivity index (χ0) is 17.9. The molecule has 3 aromatic rings. The maximum absolute atomic E-state index is 12.5. The second kappa shape index (κ2) is 6.79. The molecule has 2 aromatic carbocycles. The molecule has 0 saturated heterocycles. The van der Waals surface area contributed by atoms with E-state index in [9.17, 15) is 9.59 Å². The van der Waals surface area contributed by atoms with Crippen molar-refractivity contribution in [2.24, 2.45) is 0 Å². The van der Waals surface area contributed by atoms with E-state index in [4.69, 9.17) is 0 Å². The van der Waals surface area contributed by atoms with Gasteiger partial charge in [0, 0.05) is 6.54 Å². The Bertz CT molecular complexity index is 937. The number of carbonyl (C=O) groups is 2. The quantitative estimate of drug-likeness (QED) is 0.752. The largest absolute Gasteiger partial charge is 0.346 e. The summed E-state index contributed by atoms with van der Waals surface area (Å²) in [5.74, 6) is -0.761. The third-order valence-corrected chi connectivity index (χ3v) is 4.32. The van der Waals surface area contributed by atoms with Gasteiger partial charge in [-0.3, -0.25) is 9.59 Å². The summed E-state index contributed by atoms with van der Waals surface area (Å²) in [5.41, 5.74) is 2.19. The highest BCUT2D eigenvalue weighted by molar-refractivity contribution is 6.05. The number of rotatable bonds is 4. The Hall–Kier alpha value is -3.48. The molecule has 0 bridgehead atoms. The summed E-state index contributed by atoms with van der Waals surface area (Å²) in [4.78, 5) is 25.0. The number of hydrogen-bond donors (Lipinski definition) is 2. The fraction of sp³-hybridized carbons (Fsp3) is 0.158. The van der Waals surface area contributed by atoms with Crippen molar-refractivity contribution in [2.45, 2.75) is 19.1 Å². The van der Waals surface area contributed by atoms with Crippen molar-refractivity contribution in [3.63, 3.8) is 0 Å². The average molecular weight is 347 g/mol. The predicted molar refractivity (Wildman–Crippen MR) is 94.3 cm³/mol. The van der Waals surface area contributed by atoms with Crippen molar-refractivity contribution in [1.82, 2.24) is 25.6 Å². The van der Waals surface area contributed by atoms with Crippen LogP contribution in [0.15, 0.2) is 60.7 Å². The third kappa shape index (κ3) is 3.06. The molecule has 2 amide bonds. The van der Waals surface area contributed by atoms with E-state index in [1.54, 1.807) is 0 Å². The van der Waals surface area contributed by atoms with Crippen molar-refractivity contribution in [3.8, 4) is 0 Å². The van der Waals surface area contributed by atoms with E-state index >= 15 is 0 Å². The van der Waals surface area contributed by atoms with Crippen molar-refractivity contribution >= 4 is 11.8 Å². The van der Waals surface area contributed by atoms with E-state index < -0.39 is 5.91 Å².